The molecule has 0 rings (SSSR count). The molecule has 2 atom stereocenters. The van der Waals surface area contributed by atoms with Crippen LogP contribution in [-0.2, 0) is 23.8 Å². The van der Waals surface area contributed by atoms with E-state index in [1.54, 1.807) is 61.5 Å². The minimum atomic E-state index is -1.12. The normalized spacial score (nSPS) is 12.7. The maximum absolute atomic E-state index is 12.0. The number of hydrogen-bond donors (Lipinski definition) is 2. The van der Waals surface area contributed by atoms with Crippen molar-refractivity contribution < 1.29 is 69.5 Å². The third-order valence-electron chi connectivity index (χ3n) is 4.90. The number of esters is 1. The summed E-state index contributed by atoms with van der Waals surface area (Å²) >= 11 is 2.15. The molecular weight excluding hydrogens is 630 g/mol. The van der Waals surface area contributed by atoms with Gasteiger partial charge in [0.05, 0.1) is 7.11 Å². The maximum Gasteiger partial charge on any atom is 1.00 e. The average molecular weight is 681 g/mol. The monoisotopic (exact) mass is 680 g/mol. The Morgan fingerprint density at radius 2 is 1.26 bits per heavy atom. The minimum absolute atomic E-state index is 0. The summed E-state index contributed by atoms with van der Waals surface area (Å²) < 4.78 is 15.0. The Labute approximate surface area is 272 Å². The summed E-state index contributed by atoms with van der Waals surface area (Å²) in [6, 6.07) is -1.86. The zero-order valence-electron chi connectivity index (χ0n) is 27.4. The van der Waals surface area contributed by atoms with Crippen molar-refractivity contribution in [1.29, 1.82) is 0 Å². The number of ether oxygens (including phenoxy) is 3. The van der Waals surface area contributed by atoms with Crippen LogP contribution in [0.4, 0.5) is 9.59 Å². The average Bonchev–Trinajstić information content (AvgIpc) is 2.76. The van der Waals surface area contributed by atoms with E-state index < -0.39 is 58.2 Å². The molecule has 0 aromatic rings. The summed E-state index contributed by atoms with van der Waals surface area (Å²) in [5.74, 6) is -1.63. The van der Waals surface area contributed by atoms with E-state index in [1.807, 2.05) is 18.8 Å². The number of rotatable bonds is 8. The van der Waals surface area contributed by atoms with Gasteiger partial charge in [0.25, 0.3) is 0 Å². The van der Waals surface area contributed by atoms with Crippen molar-refractivity contribution in [3.05, 3.63) is 25.3 Å². The molecule has 10 nitrogen and oxygen atoms in total. The molecule has 0 fully saturated rings. The number of carboxylic acid groups (broad SMARTS) is 1. The number of carbonyl (C=O) groups excluding carboxylic acids is 3. The van der Waals surface area contributed by atoms with Crippen molar-refractivity contribution in [2.45, 2.75) is 92.5 Å². The Morgan fingerprint density at radius 3 is 1.54 bits per heavy atom. The van der Waals surface area contributed by atoms with Gasteiger partial charge in [0.1, 0.15) is 23.3 Å². The molecule has 0 spiro atoms. The first-order valence-electron chi connectivity index (χ1n) is 11.9. The van der Waals surface area contributed by atoms with E-state index in [0.717, 1.165) is 0 Å². The number of methoxy groups -OCH3 is 1. The van der Waals surface area contributed by atoms with E-state index in [1.165, 1.54) is 25.1 Å². The summed E-state index contributed by atoms with van der Waals surface area (Å²) in [5.41, 5.74) is -2.67. The van der Waals surface area contributed by atoms with Crippen molar-refractivity contribution >= 4 is 46.7 Å². The standard InChI is InChI=1S/C14H25NO4.C12H21NO4.CH3I.Na.H/c1-9-14(5,6)10(11(16)18-8)15(7)12(17)19-13(2,3)4;1-7-12(5,6)8(9(14)15)13-10(16)17-11(2,3)4;1-2;;/h9-10H,1H2,2-8H3;7-8H,1H2,2-6H3,(H,13,16)(H,14,15);1H3;;/q;;;+1;-1/t10-;8-;;;/m11.../s1. The van der Waals surface area contributed by atoms with Crippen LogP contribution in [0.3, 0.4) is 0 Å². The Morgan fingerprint density at radius 1 is 0.872 bits per heavy atom. The quantitative estimate of drug-likeness (QED) is 0.100. The maximum atomic E-state index is 12.0. The van der Waals surface area contributed by atoms with Crippen molar-refractivity contribution in [2.75, 3.05) is 19.1 Å². The first-order chi connectivity index (χ1) is 17.0. The fraction of sp³-hybridized carbons (Fsp3) is 0.704. The van der Waals surface area contributed by atoms with Crippen molar-refractivity contribution in [1.82, 2.24) is 10.2 Å². The van der Waals surface area contributed by atoms with Gasteiger partial charge in [-0.25, -0.2) is 19.2 Å². The molecule has 0 aliphatic carbocycles. The molecule has 0 heterocycles. The number of likely N-dealkylation sites (N-methyl/N-ethyl adjacent to an activating group) is 1. The summed E-state index contributed by atoms with van der Waals surface area (Å²) in [4.78, 5) is 49.8. The molecule has 0 aromatic carbocycles. The molecule has 0 aliphatic heterocycles. The van der Waals surface area contributed by atoms with Crippen molar-refractivity contribution in [3.8, 4) is 0 Å². The van der Waals surface area contributed by atoms with Crippen molar-refractivity contribution in [2.24, 2.45) is 10.8 Å². The van der Waals surface area contributed by atoms with Crippen molar-refractivity contribution in [3.63, 3.8) is 0 Å². The van der Waals surface area contributed by atoms with Crippen LogP contribution in [0.25, 0.3) is 0 Å². The van der Waals surface area contributed by atoms with Gasteiger partial charge in [-0.05, 0) is 46.5 Å². The minimum Gasteiger partial charge on any atom is -1.00 e. The third-order valence-corrected chi connectivity index (χ3v) is 4.90. The Kier molecular flexibility index (Phi) is 21.7. The predicted molar refractivity (Wildman–Crippen MR) is 160 cm³/mol. The number of alkyl halides is 1. The fourth-order valence-corrected chi connectivity index (χ4v) is 2.73. The third kappa shape index (κ3) is 18.6. The molecule has 0 radical (unpaired) electrons. The van der Waals surface area contributed by atoms with Crippen LogP contribution in [0.5, 0.6) is 0 Å². The van der Waals surface area contributed by atoms with Crippen LogP contribution >= 0.6 is 22.6 Å². The largest absolute Gasteiger partial charge is 1.00 e. The first kappa shape index (κ1) is 44.7. The van der Waals surface area contributed by atoms with Crippen LogP contribution in [0.15, 0.2) is 25.3 Å². The topological polar surface area (TPSA) is 131 Å². The Bertz CT molecular complexity index is 824. The fourth-order valence-electron chi connectivity index (χ4n) is 2.73. The summed E-state index contributed by atoms with van der Waals surface area (Å²) in [6.45, 7) is 24.7. The van der Waals surface area contributed by atoms with Gasteiger partial charge in [0.2, 0.25) is 0 Å². The summed E-state index contributed by atoms with van der Waals surface area (Å²) in [7, 11) is 2.80. The number of alkyl carbamates (subject to hydrolysis) is 1. The second-order valence-corrected chi connectivity index (χ2v) is 11.5. The Hall–Kier alpha value is -1.31. The van der Waals surface area contributed by atoms with Gasteiger partial charge >= 0.3 is 53.7 Å². The number of amides is 2. The molecule has 0 aromatic heterocycles. The number of nitrogens with zero attached hydrogens (tertiary/aromatic N) is 1. The molecule has 12 heteroatoms. The van der Waals surface area contributed by atoms with Gasteiger partial charge in [-0.3, -0.25) is 4.90 Å². The number of halogens is 1. The van der Waals surface area contributed by atoms with E-state index in [2.05, 4.69) is 41.1 Å². The molecule has 0 bridgehead atoms. The molecule has 0 unspecified atom stereocenters. The van der Waals surface area contributed by atoms with Crippen LogP contribution in [0.2, 0.25) is 0 Å². The van der Waals surface area contributed by atoms with Gasteiger partial charge in [-0.2, -0.15) is 0 Å². The molecule has 2 N–H and O–H groups in total. The SMILES string of the molecule is C=CC(C)(C)[C@@H](C(=O)OC)N(C)C(=O)OC(C)(C)C.C=CC(C)(C)[C@H](NC(=O)OC(C)(C)C)C(=O)O.CI.[H-].[Na+]. The molecule has 39 heavy (non-hydrogen) atoms. The molecule has 2 amide bonds. The van der Waals surface area contributed by atoms with Gasteiger partial charge in [-0.1, -0.05) is 62.4 Å². The van der Waals surface area contributed by atoms with Crippen LogP contribution in [-0.4, -0.2) is 76.5 Å². The van der Waals surface area contributed by atoms with Crippen LogP contribution in [0, 0.1) is 10.8 Å². The molecular formula is C27H50IN2NaO8. The van der Waals surface area contributed by atoms with E-state index in [-0.39, 0.29) is 31.0 Å². The number of aliphatic carboxylic acids is 1. The van der Waals surface area contributed by atoms with Crippen LogP contribution < -0.4 is 34.9 Å². The van der Waals surface area contributed by atoms with Crippen LogP contribution in [0.1, 0.15) is 70.7 Å². The second kappa shape index (κ2) is 18.9. The molecule has 224 valence electrons. The smallest absolute Gasteiger partial charge is 1.00 e. The predicted octanol–water partition coefficient (Wildman–Crippen LogP) is 2.95. The number of nitrogens with one attached hydrogen (secondary N) is 1. The molecule has 0 saturated carbocycles. The zero-order chi connectivity index (χ0) is 31.3. The molecule has 0 aliphatic rings. The first-order valence-corrected chi connectivity index (χ1v) is 14.0. The number of hydrogen-bond acceptors (Lipinski definition) is 7. The van der Waals surface area contributed by atoms with Gasteiger partial charge < -0.3 is 26.1 Å². The van der Waals surface area contributed by atoms with Gasteiger partial charge in [0, 0.05) is 17.9 Å². The summed E-state index contributed by atoms with van der Waals surface area (Å²) in [6.07, 6.45) is 1.79. The Balaban J connectivity index is -0.000000184. The van der Waals surface area contributed by atoms with Gasteiger partial charge in [0.15, 0.2) is 0 Å². The van der Waals surface area contributed by atoms with E-state index in [0.29, 0.717) is 0 Å². The number of carbonyl (C=O) groups is 4. The number of carboxylic acids is 1. The van der Waals surface area contributed by atoms with E-state index in [4.69, 9.17) is 19.3 Å². The second-order valence-electron chi connectivity index (χ2n) is 11.5. The van der Waals surface area contributed by atoms with E-state index in [9.17, 15) is 19.2 Å². The summed E-state index contributed by atoms with van der Waals surface area (Å²) in [5, 5.41) is 11.4. The zero-order valence-corrected chi connectivity index (χ0v) is 30.5. The van der Waals surface area contributed by atoms with Gasteiger partial charge in [-0.15, -0.1) is 13.2 Å². The van der Waals surface area contributed by atoms with E-state index >= 15 is 0 Å². The molecule has 0 saturated heterocycles.